The normalized spacial score (nSPS) is 14.7. The van der Waals surface area contributed by atoms with Crippen molar-refractivity contribution in [1.29, 1.82) is 0 Å². The van der Waals surface area contributed by atoms with Gasteiger partial charge >= 0.3 is 24.3 Å². The van der Waals surface area contributed by atoms with E-state index in [-0.39, 0.29) is 108 Å². The summed E-state index contributed by atoms with van der Waals surface area (Å²) in [7, 11) is 0. The Morgan fingerprint density at radius 2 is 0.842 bits per heavy atom. The highest BCUT2D eigenvalue weighted by Gasteiger charge is 2.47. The second-order valence-electron chi connectivity index (χ2n) is 27.9. The molecule has 602 valence electrons. The van der Waals surface area contributed by atoms with Gasteiger partial charge in [-0.15, -0.1) is 0 Å². The number of nitrogens with zero attached hydrogens (tertiary/aromatic N) is 13. The predicted molar refractivity (Wildman–Crippen MR) is 407 cm³/mol. The van der Waals surface area contributed by atoms with Crippen LogP contribution in [0.4, 0.5) is 51.7 Å². The standard InChI is InChI=1S/C21H16F2N4O4.C21H18F2N4O2.C13H18N2O3.C10H9F3N2O2.C8H14INO2.C5H5NO/c22-13-3-4-16(17(23)8-13)18-5-6-20(27(29)30)19(25-18)9-21(28)26-11-15(12-26)31-14-2-1-7-24-10-14;22-13-3-4-16(17(23)8-13)19-6-5-18(24)20(26-19)9-21(28)27-11-15(12-27)29-14-2-1-7-25-10-14;1-13(2,3)18-12(16)15-8-11(9-15)17-10-5-4-6-14-7-10;11-10(12,13)9(16)15-5-8(6-15)17-7-2-1-3-14-4-7;1-8(2,3)12-7(11)10-4-6(9)5-10;7-5-2-1-3-6-4-5/h1-8,10,15H,9,11-12H2;1-8,10,15H,9,11-12,24H2;4-7,11H,8-9H2,1-3H3;1-4,8H,5-6H2;6H,4-5H2,1-3H3;1-4,7H. The molecular weight excluding hydrogens is 1620 g/mol. The third-order valence-electron chi connectivity index (χ3n) is 16.4. The highest BCUT2D eigenvalue weighted by molar-refractivity contribution is 14.1. The number of alkyl halides is 4. The van der Waals surface area contributed by atoms with E-state index in [9.17, 15) is 64.8 Å². The molecule has 12 heterocycles. The maximum Gasteiger partial charge on any atom is 0.471 e. The number of amides is 5. The van der Waals surface area contributed by atoms with Crippen molar-refractivity contribution in [3.63, 3.8) is 0 Å². The molecule has 14 rings (SSSR count). The van der Waals surface area contributed by atoms with Crippen molar-refractivity contribution in [3.05, 3.63) is 228 Å². The molecule has 0 bridgehead atoms. The van der Waals surface area contributed by atoms with Gasteiger partial charge in [-0.3, -0.25) is 54.4 Å². The molecule has 5 saturated heterocycles. The summed E-state index contributed by atoms with van der Waals surface area (Å²) in [5.74, 6) is -2.65. The smallest absolute Gasteiger partial charge is 0.471 e. The summed E-state index contributed by atoms with van der Waals surface area (Å²) >= 11 is 2.33. The summed E-state index contributed by atoms with van der Waals surface area (Å²) in [4.78, 5) is 105. The summed E-state index contributed by atoms with van der Waals surface area (Å²) in [5, 5.41) is 19.9. The van der Waals surface area contributed by atoms with Crippen LogP contribution >= 0.6 is 22.6 Å². The van der Waals surface area contributed by atoms with Crippen LogP contribution in [-0.4, -0.2) is 210 Å². The van der Waals surface area contributed by atoms with Gasteiger partial charge < -0.3 is 63.8 Å². The molecule has 28 nitrogen and oxygen atoms in total. The molecule has 0 spiro atoms. The van der Waals surface area contributed by atoms with Crippen molar-refractivity contribution in [1.82, 2.24) is 59.4 Å². The summed E-state index contributed by atoms with van der Waals surface area (Å²) in [6.07, 6.45) is 9.58. The monoisotopic (exact) mass is 1700 g/mol. The molecular formula is C78H80F7IN14O14. The van der Waals surface area contributed by atoms with Crippen LogP contribution in [0.2, 0.25) is 0 Å². The maximum atomic E-state index is 14.1. The maximum absolute atomic E-state index is 14.1. The van der Waals surface area contributed by atoms with Crippen LogP contribution < -0.4 is 24.7 Å². The van der Waals surface area contributed by atoms with Crippen molar-refractivity contribution in [2.45, 2.75) is 100 Å². The molecule has 5 aliphatic heterocycles. The Labute approximate surface area is 663 Å². The zero-order valence-corrected chi connectivity index (χ0v) is 64.5. The summed E-state index contributed by atoms with van der Waals surface area (Å²) < 4.78 is 124. The molecule has 36 heteroatoms. The molecule has 2 aromatic carbocycles. The lowest BCUT2D eigenvalue weighted by atomic mass is 10.1. The molecule has 0 atom stereocenters. The highest BCUT2D eigenvalue weighted by Crippen LogP contribution is 2.31. The van der Waals surface area contributed by atoms with E-state index < -0.39 is 52.0 Å². The van der Waals surface area contributed by atoms with E-state index in [1.165, 1.54) is 35.5 Å². The van der Waals surface area contributed by atoms with E-state index in [4.69, 9.17) is 39.3 Å². The number of hydrogen-bond acceptors (Lipinski definition) is 22. The van der Waals surface area contributed by atoms with Crippen molar-refractivity contribution in [3.8, 4) is 51.3 Å². The zero-order chi connectivity index (χ0) is 82.4. The van der Waals surface area contributed by atoms with Crippen molar-refractivity contribution in [2.24, 2.45) is 0 Å². The first-order chi connectivity index (χ1) is 54.1. The number of ether oxygens (including phenoxy) is 6. The second-order valence-corrected chi connectivity index (χ2v) is 29.6. The molecule has 5 amide bonds. The van der Waals surface area contributed by atoms with E-state index >= 15 is 0 Å². The summed E-state index contributed by atoms with van der Waals surface area (Å²) in [5.41, 5.74) is 5.89. The Bertz CT molecular complexity index is 4700. The Morgan fingerprint density at radius 3 is 1.17 bits per heavy atom. The van der Waals surface area contributed by atoms with Crippen LogP contribution in [0.5, 0.6) is 28.7 Å². The fourth-order valence-electron chi connectivity index (χ4n) is 10.6. The van der Waals surface area contributed by atoms with E-state index in [0.717, 1.165) is 43.1 Å². The number of nitrogens with two attached hydrogens (primary N) is 1. The molecule has 114 heavy (non-hydrogen) atoms. The number of nitro groups is 1. The molecule has 5 fully saturated rings. The van der Waals surface area contributed by atoms with Crippen LogP contribution in [0.3, 0.4) is 0 Å². The van der Waals surface area contributed by atoms with Gasteiger partial charge in [-0.2, -0.15) is 13.2 Å². The van der Waals surface area contributed by atoms with Gasteiger partial charge in [-0.1, -0.05) is 22.6 Å². The summed E-state index contributed by atoms with van der Waals surface area (Å²) in [6, 6.07) is 29.1. The number of rotatable bonds is 15. The number of halogens is 8. The Hall–Kier alpha value is -12.1. The fraction of sp³-hybridized carbons (Fsp3) is 0.333. The zero-order valence-electron chi connectivity index (χ0n) is 62.4. The van der Waals surface area contributed by atoms with Crippen molar-refractivity contribution < 1.29 is 93.2 Å². The minimum absolute atomic E-state index is 0.0118. The molecule has 5 aliphatic rings. The Morgan fingerprint density at radius 1 is 0.491 bits per heavy atom. The predicted octanol–water partition coefficient (Wildman–Crippen LogP) is 12.1. The SMILES string of the molecule is CC(C)(C)OC(=O)N1CC(I)C1.CC(C)(C)OC(=O)N1CC(Oc2cccnc2)C1.Nc1ccc(-c2ccc(F)cc2F)nc1CC(=O)N1CC(Oc2cccnc2)C1.O=C(Cc1nc(-c2ccc(F)cc2F)ccc1[N+](=O)[O-])N1CC(Oc2cccnc2)C1.O=C(N1CC(Oc2cccnc2)C1)C(F)(F)F.Oc1cccnc1. The van der Waals surface area contributed by atoms with Gasteiger partial charge in [0, 0.05) is 77.3 Å². The minimum atomic E-state index is -4.81. The lowest BCUT2D eigenvalue weighted by Gasteiger charge is -2.39. The second kappa shape index (κ2) is 39.4. The number of anilines is 1. The minimum Gasteiger partial charge on any atom is -0.506 e. The average Bonchev–Trinajstić information content (AvgIpc) is 0.878. The van der Waals surface area contributed by atoms with Gasteiger partial charge in [-0.05, 0) is 145 Å². The van der Waals surface area contributed by atoms with Gasteiger partial charge in [0.1, 0.15) is 93.3 Å². The Balaban J connectivity index is 0.000000165. The van der Waals surface area contributed by atoms with Gasteiger partial charge in [0.05, 0.1) is 124 Å². The number of aromatic hydroxyl groups is 1. The third-order valence-corrected chi connectivity index (χ3v) is 17.2. The number of hydrogen-bond donors (Lipinski definition) is 2. The van der Waals surface area contributed by atoms with Gasteiger partial charge in [0.15, 0.2) is 0 Å². The lowest BCUT2D eigenvalue weighted by molar-refractivity contribution is -0.385. The molecule has 9 aromatic rings. The highest BCUT2D eigenvalue weighted by atomic mass is 127. The van der Waals surface area contributed by atoms with Gasteiger partial charge in [-0.25, -0.2) is 32.1 Å². The molecule has 0 aliphatic carbocycles. The van der Waals surface area contributed by atoms with E-state index in [0.29, 0.717) is 88.5 Å². The molecule has 0 unspecified atom stereocenters. The van der Waals surface area contributed by atoms with Crippen molar-refractivity contribution >= 4 is 63.9 Å². The number of carbonyl (C=O) groups is 5. The first-order valence-electron chi connectivity index (χ1n) is 35.3. The fourth-order valence-corrected chi connectivity index (χ4v) is 11.6. The largest absolute Gasteiger partial charge is 0.506 e. The van der Waals surface area contributed by atoms with Crippen LogP contribution in [0.1, 0.15) is 52.9 Å². The molecule has 3 N–H and O–H groups in total. The summed E-state index contributed by atoms with van der Waals surface area (Å²) in [6.45, 7) is 15.5. The number of aromatic nitrogens is 7. The Kier molecular flexibility index (Phi) is 29.7. The van der Waals surface area contributed by atoms with Crippen LogP contribution in [0, 0.1) is 33.4 Å². The quantitative estimate of drug-likeness (QED) is 0.0316. The molecule has 7 aromatic heterocycles. The van der Waals surface area contributed by atoms with Gasteiger partial charge in [0.25, 0.3) is 5.69 Å². The van der Waals surface area contributed by atoms with Crippen molar-refractivity contribution in [2.75, 3.05) is 71.2 Å². The number of pyridine rings is 7. The van der Waals surface area contributed by atoms with Crippen LogP contribution in [-0.2, 0) is 36.7 Å². The lowest BCUT2D eigenvalue weighted by Crippen LogP contribution is -2.59. The number of benzene rings is 2. The number of likely N-dealkylation sites (tertiary alicyclic amines) is 5. The van der Waals surface area contributed by atoms with E-state index in [2.05, 4.69) is 57.5 Å². The van der Waals surface area contributed by atoms with E-state index in [1.807, 2.05) is 59.7 Å². The van der Waals surface area contributed by atoms with Crippen LogP contribution in [0.25, 0.3) is 22.5 Å². The van der Waals surface area contributed by atoms with E-state index in [1.54, 1.807) is 119 Å². The first kappa shape index (κ1) is 85.9. The third kappa shape index (κ3) is 26.5. The van der Waals surface area contributed by atoms with Gasteiger partial charge in [0.2, 0.25) is 11.8 Å². The van der Waals surface area contributed by atoms with Crippen LogP contribution in [0.15, 0.2) is 183 Å². The average molecular weight is 1700 g/mol. The molecule has 0 saturated carbocycles. The first-order valence-corrected chi connectivity index (χ1v) is 36.5. The number of nitrogen functional groups attached to an aromatic ring is 1. The number of carbonyl (C=O) groups excluding carboxylic acids is 5. The topological polar surface area (TPSA) is 337 Å². The molecule has 0 radical (unpaired) electrons.